The minimum Gasteiger partial charge on any atom is -0.481 e. The van der Waals surface area contributed by atoms with E-state index in [0.717, 1.165) is 4.90 Å². The Balaban J connectivity index is 2.28. The van der Waals surface area contributed by atoms with E-state index in [1.165, 1.54) is 6.20 Å². The summed E-state index contributed by atoms with van der Waals surface area (Å²) in [5.74, 6) is -2.64. The molecule has 5 nitrogen and oxygen atoms in total. The van der Waals surface area contributed by atoms with Crippen molar-refractivity contribution >= 4 is 11.9 Å². The summed E-state index contributed by atoms with van der Waals surface area (Å²) in [6.45, 7) is 0.464. The summed E-state index contributed by atoms with van der Waals surface area (Å²) in [6, 6.07) is 3.22. The Morgan fingerprint density at radius 1 is 1.43 bits per heavy atom. The molecule has 1 fully saturated rings. The summed E-state index contributed by atoms with van der Waals surface area (Å²) in [4.78, 5) is 28.0. The summed E-state index contributed by atoms with van der Waals surface area (Å²) < 4.78 is 39.2. The molecule has 1 aliphatic rings. The van der Waals surface area contributed by atoms with Crippen LogP contribution in [0.4, 0.5) is 13.2 Å². The summed E-state index contributed by atoms with van der Waals surface area (Å²) >= 11 is 0. The van der Waals surface area contributed by atoms with Crippen molar-refractivity contribution in [1.82, 2.24) is 9.88 Å². The zero-order valence-electron chi connectivity index (χ0n) is 11.1. The average Bonchev–Trinajstić information content (AvgIpc) is 2.84. The summed E-state index contributed by atoms with van der Waals surface area (Å²) in [6.07, 6.45) is -4.19. The lowest BCUT2D eigenvalue weighted by Crippen LogP contribution is -2.47. The van der Waals surface area contributed by atoms with Crippen LogP contribution in [0.1, 0.15) is 22.5 Å². The van der Waals surface area contributed by atoms with Crippen LogP contribution in [0.5, 0.6) is 0 Å². The van der Waals surface area contributed by atoms with Crippen LogP contribution < -0.4 is 0 Å². The van der Waals surface area contributed by atoms with Crippen LogP contribution in [0.3, 0.4) is 0 Å². The number of carbonyl (C=O) groups is 2. The van der Waals surface area contributed by atoms with E-state index in [1.807, 2.05) is 0 Å². The number of alkyl halides is 3. The number of nitrogens with zero attached hydrogens (tertiary/aromatic N) is 2. The smallest absolute Gasteiger partial charge is 0.406 e. The third-order valence-corrected chi connectivity index (χ3v) is 3.72. The number of carbonyl (C=O) groups excluding carboxylic acids is 1. The SMILES string of the molecule is Cc1cccnc1C(=O)N1CCC(C(=O)O)(C(F)(F)F)C1. The second kappa shape index (κ2) is 5.01. The number of halogens is 3. The quantitative estimate of drug-likeness (QED) is 0.905. The monoisotopic (exact) mass is 302 g/mol. The topological polar surface area (TPSA) is 70.5 Å². The summed E-state index contributed by atoms with van der Waals surface area (Å²) in [5.41, 5.74) is -2.33. The van der Waals surface area contributed by atoms with Crippen LogP contribution >= 0.6 is 0 Å². The van der Waals surface area contributed by atoms with Crippen molar-refractivity contribution in [2.24, 2.45) is 5.41 Å². The lowest BCUT2D eigenvalue weighted by atomic mass is 9.86. The fourth-order valence-corrected chi connectivity index (χ4v) is 2.37. The lowest BCUT2D eigenvalue weighted by molar-refractivity contribution is -0.227. The Labute approximate surface area is 118 Å². The molecule has 2 rings (SSSR count). The molecular weight excluding hydrogens is 289 g/mol. The van der Waals surface area contributed by atoms with Crippen LogP contribution in [-0.4, -0.2) is 46.1 Å². The van der Waals surface area contributed by atoms with Gasteiger partial charge in [-0.2, -0.15) is 13.2 Å². The Bertz CT molecular complexity index is 588. The number of pyridine rings is 1. The van der Waals surface area contributed by atoms with Crippen molar-refractivity contribution in [1.29, 1.82) is 0 Å². The predicted octanol–water partition coefficient (Wildman–Crippen LogP) is 1.87. The first-order chi connectivity index (χ1) is 9.69. The van der Waals surface area contributed by atoms with Gasteiger partial charge in [-0.1, -0.05) is 6.07 Å². The molecule has 1 atom stereocenters. The molecule has 0 spiro atoms. The van der Waals surface area contributed by atoms with Gasteiger partial charge < -0.3 is 10.0 Å². The largest absolute Gasteiger partial charge is 0.481 e. The van der Waals surface area contributed by atoms with E-state index in [-0.39, 0.29) is 12.2 Å². The molecule has 0 radical (unpaired) electrons. The van der Waals surface area contributed by atoms with E-state index < -0.39 is 36.4 Å². The molecule has 1 amide bonds. The maximum Gasteiger partial charge on any atom is 0.406 e. The number of aryl methyl sites for hydroxylation is 1. The lowest BCUT2D eigenvalue weighted by Gasteiger charge is -2.27. The van der Waals surface area contributed by atoms with Crippen molar-refractivity contribution in [2.45, 2.75) is 19.5 Å². The molecule has 0 aromatic carbocycles. The molecular formula is C13H13F3N2O3. The van der Waals surface area contributed by atoms with Gasteiger partial charge in [-0.15, -0.1) is 0 Å². The van der Waals surface area contributed by atoms with Gasteiger partial charge in [0, 0.05) is 19.3 Å². The molecule has 2 heterocycles. The van der Waals surface area contributed by atoms with Crippen LogP contribution in [-0.2, 0) is 4.79 Å². The Hall–Kier alpha value is -2.12. The number of carboxylic acids is 1. The van der Waals surface area contributed by atoms with Crippen molar-refractivity contribution < 1.29 is 27.9 Å². The molecule has 1 aliphatic heterocycles. The van der Waals surface area contributed by atoms with Crippen LogP contribution in [0.15, 0.2) is 18.3 Å². The van der Waals surface area contributed by atoms with Crippen molar-refractivity contribution in [3.05, 3.63) is 29.6 Å². The molecule has 1 unspecified atom stereocenters. The average molecular weight is 302 g/mol. The zero-order chi connectivity index (χ0) is 15.8. The molecule has 21 heavy (non-hydrogen) atoms. The van der Waals surface area contributed by atoms with Crippen LogP contribution in [0.2, 0.25) is 0 Å². The minimum atomic E-state index is -4.91. The number of carboxylic acid groups (broad SMARTS) is 1. The number of rotatable bonds is 2. The van der Waals surface area contributed by atoms with Gasteiger partial charge in [0.2, 0.25) is 0 Å². The highest BCUT2D eigenvalue weighted by Crippen LogP contribution is 2.45. The van der Waals surface area contributed by atoms with Gasteiger partial charge in [0.25, 0.3) is 5.91 Å². The molecule has 0 saturated carbocycles. The zero-order valence-corrected chi connectivity index (χ0v) is 11.1. The first-order valence-electron chi connectivity index (χ1n) is 6.20. The maximum atomic E-state index is 13.1. The van der Waals surface area contributed by atoms with E-state index in [0.29, 0.717) is 5.56 Å². The van der Waals surface area contributed by atoms with Crippen LogP contribution in [0, 0.1) is 12.3 Å². The molecule has 0 bridgehead atoms. The standard InChI is InChI=1S/C13H13F3N2O3/c1-8-3-2-5-17-9(8)10(19)18-6-4-12(7-18,11(20)21)13(14,15)16/h2-3,5H,4,6-7H2,1H3,(H,20,21). The molecule has 114 valence electrons. The number of hydrogen-bond donors (Lipinski definition) is 1. The summed E-state index contributed by atoms with van der Waals surface area (Å²) in [7, 11) is 0. The minimum absolute atomic E-state index is 0.0425. The molecule has 8 heteroatoms. The highest BCUT2D eigenvalue weighted by atomic mass is 19.4. The first kappa shape index (κ1) is 15.3. The normalized spacial score (nSPS) is 22.4. The molecule has 0 aliphatic carbocycles. The fourth-order valence-electron chi connectivity index (χ4n) is 2.37. The molecule has 1 aromatic heterocycles. The van der Waals surface area contributed by atoms with Gasteiger partial charge >= 0.3 is 12.1 Å². The maximum absolute atomic E-state index is 13.1. The number of amides is 1. The van der Waals surface area contributed by atoms with E-state index in [2.05, 4.69) is 4.98 Å². The van der Waals surface area contributed by atoms with E-state index in [1.54, 1.807) is 19.1 Å². The Kier molecular flexibility index (Phi) is 3.65. The second-order valence-electron chi connectivity index (χ2n) is 5.03. The number of aliphatic carboxylic acids is 1. The highest BCUT2D eigenvalue weighted by Gasteiger charge is 2.64. The number of aromatic nitrogens is 1. The molecule has 1 saturated heterocycles. The van der Waals surface area contributed by atoms with Crippen molar-refractivity contribution in [3.63, 3.8) is 0 Å². The second-order valence-corrected chi connectivity index (χ2v) is 5.03. The van der Waals surface area contributed by atoms with Gasteiger partial charge in [-0.05, 0) is 25.0 Å². The third-order valence-electron chi connectivity index (χ3n) is 3.72. The predicted molar refractivity (Wildman–Crippen MR) is 65.6 cm³/mol. The fraction of sp³-hybridized carbons (Fsp3) is 0.462. The third kappa shape index (κ3) is 2.45. The van der Waals surface area contributed by atoms with Gasteiger partial charge in [0.15, 0.2) is 5.41 Å². The van der Waals surface area contributed by atoms with Gasteiger partial charge in [0.1, 0.15) is 5.69 Å². The highest BCUT2D eigenvalue weighted by molar-refractivity contribution is 5.94. The Morgan fingerprint density at radius 2 is 2.10 bits per heavy atom. The summed E-state index contributed by atoms with van der Waals surface area (Å²) in [5, 5.41) is 8.95. The van der Waals surface area contributed by atoms with Gasteiger partial charge in [-0.25, -0.2) is 0 Å². The van der Waals surface area contributed by atoms with Crippen molar-refractivity contribution in [2.75, 3.05) is 13.1 Å². The van der Waals surface area contributed by atoms with Gasteiger partial charge in [-0.3, -0.25) is 14.6 Å². The van der Waals surface area contributed by atoms with E-state index in [9.17, 15) is 22.8 Å². The van der Waals surface area contributed by atoms with E-state index in [4.69, 9.17) is 5.11 Å². The van der Waals surface area contributed by atoms with Crippen molar-refractivity contribution in [3.8, 4) is 0 Å². The number of hydrogen-bond acceptors (Lipinski definition) is 3. The molecule has 1 aromatic rings. The van der Waals surface area contributed by atoms with Crippen LogP contribution in [0.25, 0.3) is 0 Å². The Morgan fingerprint density at radius 3 is 2.57 bits per heavy atom. The first-order valence-corrected chi connectivity index (χ1v) is 6.20. The number of likely N-dealkylation sites (tertiary alicyclic amines) is 1. The molecule has 1 N–H and O–H groups in total. The van der Waals surface area contributed by atoms with E-state index >= 15 is 0 Å². The van der Waals surface area contributed by atoms with Gasteiger partial charge in [0.05, 0.1) is 0 Å².